The van der Waals surface area contributed by atoms with Crippen LogP contribution in [0.3, 0.4) is 0 Å². The summed E-state index contributed by atoms with van der Waals surface area (Å²) in [5.74, 6) is 2.22. The van der Waals surface area contributed by atoms with Crippen LogP contribution >= 0.6 is 0 Å². The molecule has 3 aromatic heterocycles. The van der Waals surface area contributed by atoms with Gasteiger partial charge in [0.05, 0.1) is 30.5 Å². The van der Waals surface area contributed by atoms with Gasteiger partial charge >= 0.3 is 0 Å². The molecule has 0 saturated carbocycles. The van der Waals surface area contributed by atoms with E-state index < -0.39 is 8.07 Å². The fraction of sp³-hybridized carbons (Fsp3) is 0.236. The summed E-state index contributed by atoms with van der Waals surface area (Å²) >= 11 is 0. The van der Waals surface area contributed by atoms with E-state index >= 15 is 0 Å². The first-order valence-electron chi connectivity index (χ1n) is 21.4. The van der Waals surface area contributed by atoms with Gasteiger partial charge < -0.3 is 14.0 Å². The number of hydrogen-bond acceptors (Lipinski definition) is 3. The maximum absolute atomic E-state index is 6.66. The number of furan rings is 1. The third kappa shape index (κ3) is 9.00. The molecule has 0 amide bonds. The van der Waals surface area contributed by atoms with Gasteiger partial charge in [-0.05, 0) is 75.5 Å². The summed E-state index contributed by atoms with van der Waals surface area (Å²) in [4.78, 5) is 9.90. The smallest absolute Gasteiger partial charge is 0.121 e. The molecule has 0 aliphatic rings. The molecule has 311 valence electrons. The first kappa shape index (κ1) is 43.7. The van der Waals surface area contributed by atoms with Crippen LogP contribution in [0.25, 0.3) is 72.4 Å². The summed E-state index contributed by atoms with van der Waals surface area (Å²) in [7, 11) is -1.34. The zero-order valence-electron chi connectivity index (χ0n) is 36.8. The van der Waals surface area contributed by atoms with Crippen molar-refractivity contribution >= 4 is 46.2 Å². The maximum Gasteiger partial charge on any atom is 0.121 e. The molecule has 0 bridgehead atoms. The molecule has 0 saturated heterocycles. The molecule has 0 unspecified atom stereocenters. The monoisotopic (exact) mass is 994 g/mol. The van der Waals surface area contributed by atoms with E-state index in [1.807, 2.05) is 30.3 Å². The van der Waals surface area contributed by atoms with Gasteiger partial charge in [-0.2, -0.15) is 0 Å². The summed E-state index contributed by atoms with van der Waals surface area (Å²) in [6, 6.07) is 53.2. The molecule has 3 heterocycles. The van der Waals surface area contributed by atoms with E-state index in [2.05, 4.69) is 192 Å². The van der Waals surface area contributed by atoms with E-state index in [-0.39, 0.29) is 20.1 Å². The molecule has 6 heteroatoms. The van der Waals surface area contributed by atoms with Crippen LogP contribution in [-0.2, 0) is 26.5 Å². The molecule has 0 aliphatic carbocycles. The summed E-state index contributed by atoms with van der Waals surface area (Å²) in [6.45, 7) is 20.8. The Hall–Kier alpha value is -5.39. The van der Waals surface area contributed by atoms with Gasteiger partial charge in [0.2, 0.25) is 0 Å². The molecule has 4 nitrogen and oxygen atoms in total. The molecule has 0 fully saturated rings. The molecule has 61 heavy (non-hydrogen) atoms. The third-order valence-electron chi connectivity index (χ3n) is 11.3. The van der Waals surface area contributed by atoms with Crippen LogP contribution in [0.15, 0.2) is 144 Å². The standard InChI is InChI=1S/C37H31N2O.C18H24NSi.Ir/c1-23(2)27-14-10-15-28(24(3)4)35(27)39-33-19-9-8-18-32(33)38-37(39)31-17-11-16-30-29-21-20-26(22-34(29)40-36(30)31)25-12-6-5-7-13-25;1-14(2)11-16-12-17(15-9-7-6-8-10-15)19-13-18(16)20(3,4)5;/h5-16,18-24H,1-4H3;6-9,12-14H,11H2,1-5H3;/q2*-1;. The minimum absolute atomic E-state index is 0. The van der Waals surface area contributed by atoms with E-state index in [9.17, 15) is 0 Å². The molecule has 0 N–H and O–H groups in total. The second-order valence-corrected chi connectivity index (χ2v) is 23.0. The molecular formula is C55H55IrN3OSi-2. The number of benzene rings is 6. The number of para-hydroxylation sites is 3. The van der Waals surface area contributed by atoms with Crippen LogP contribution in [0, 0.1) is 18.1 Å². The largest absolute Gasteiger partial charge is 0.501 e. The number of hydrogen-bond donors (Lipinski definition) is 0. The first-order chi connectivity index (χ1) is 28.9. The normalized spacial score (nSPS) is 11.7. The molecule has 0 aliphatic heterocycles. The summed E-state index contributed by atoms with van der Waals surface area (Å²) in [5, 5.41) is 3.66. The fourth-order valence-corrected chi connectivity index (χ4v) is 9.98. The molecule has 0 atom stereocenters. The van der Waals surface area contributed by atoms with Gasteiger partial charge in [-0.1, -0.05) is 157 Å². The van der Waals surface area contributed by atoms with Crippen molar-refractivity contribution < 1.29 is 24.5 Å². The number of imidazole rings is 1. The Balaban J connectivity index is 0.000000226. The summed E-state index contributed by atoms with van der Waals surface area (Å²) in [6.07, 6.45) is 3.24. The Bertz CT molecular complexity index is 2890. The van der Waals surface area contributed by atoms with Crippen molar-refractivity contribution in [1.29, 1.82) is 0 Å². The zero-order chi connectivity index (χ0) is 42.1. The van der Waals surface area contributed by atoms with E-state index in [4.69, 9.17) is 9.40 Å². The molecule has 6 aromatic carbocycles. The second-order valence-electron chi connectivity index (χ2n) is 18.0. The van der Waals surface area contributed by atoms with E-state index in [0.717, 1.165) is 67.6 Å². The average Bonchev–Trinajstić information content (AvgIpc) is 3.82. The molecule has 1 radical (unpaired) electrons. The van der Waals surface area contributed by atoms with E-state index in [0.29, 0.717) is 17.8 Å². The van der Waals surface area contributed by atoms with Crippen LogP contribution in [-0.4, -0.2) is 22.6 Å². The second kappa shape index (κ2) is 18.3. The third-order valence-corrected chi connectivity index (χ3v) is 13.4. The number of rotatable bonds is 9. The van der Waals surface area contributed by atoms with E-state index in [1.165, 1.54) is 33.1 Å². The Morgan fingerprint density at radius 1 is 0.672 bits per heavy atom. The Kier molecular flexibility index (Phi) is 13.1. The number of aromatic nitrogens is 3. The van der Waals surface area contributed by atoms with Crippen LogP contribution in [0.2, 0.25) is 19.6 Å². The van der Waals surface area contributed by atoms with Crippen LogP contribution in [0.1, 0.15) is 70.1 Å². The Labute approximate surface area is 376 Å². The summed E-state index contributed by atoms with van der Waals surface area (Å²) in [5.41, 5.74) is 14.3. The SMILES string of the molecule is CC(C)Cc1cc(-c2[c-]cccc2)ncc1[Si](C)(C)C.CC(C)c1cccc(C(C)C)c1-n1c(-c2[c-]ccc3c2oc2cc(-c4ccccc4)ccc23)nc2ccccc21.[Ir]. The predicted octanol–water partition coefficient (Wildman–Crippen LogP) is 14.6. The first-order valence-corrected chi connectivity index (χ1v) is 24.9. The molecule has 9 rings (SSSR count). The van der Waals surface area contributed by atoms with Crippen molar-refractivity contribution in [3.63, 3.8) is 0 Å². The van der Waals surface area contributed by atoms with Crippen LogP contribution in [0.4, 0.5) is 0 Å². The van der Waals surface area contributed by atoms with Crippen molar-refractivity contribution in [2.24, 2.45) is 5.92 Å². The zero-order valence-corrected chi connectivity index (χ0v) is 40.2. The van der Waals surface area contributed by atoms with Crippen LogP contribution < -0.4 is 5.19 Å². The van der Waals surface area contributed by atoms with Crippen LogP contribution in [0.5, 0.6) is 0 Å². The minimum atomic E-state index is -1.34. The van der Waals surface area contributed by atoms with Gasteiger partial charge in [0.25, 0.3) is 0 Å². The van der Waals surface area contributed by atoms with Gasteiger partial charge in [0.1, 0.15) is 5.58 Å². The molecular weight excluding hydrogens is 939 g/mol. The van der Waals surface area contributed by atoms with Gasteiger partial charge in [0, 0.05) is 37.4 Å². The molecule has 0 spiro atoms. The number of nitrogens with zero attached hydrogens (tertiary/aromatic N) is 3. The predicted molar refractivity (Wildman–Crippen MR) is 256 cm³/mol. The Morgan fingerprint density at radius 3 is 2.05 bits per heavy atom. The maximum atomic E-state index is 6.66. The average molecular weight is 994 g/mol. The summed E-state index contributed by atoms with van der Waals surface area (Å²) < 4.78 is 9.00. The fourth-order valence-electron chi connectivity index (χ4n) is 8.39. The van der Waals surface area contributed by atoms with Crippen molar-refractivity contribution in [1.82, 2.24) is 14.5 Å². The Morgan fingerprint density at radius 2 is 1.38 bits per heavy atom. The topological polar surface area (TPSA) is 43.9 Å². The van der Waals surface area contributed by atoms with E-state index in [1.54, 1.807) is 0 Å². The van der Waals surface area contributed by atoms with Crippen molar-refractivity contribution in [2.45, 2.75) is 79.4 Å². The van der Waals surface area contributed by atoms with Crippen molar-refractivity contribution in [3.8, 4) is 39.5 Å². The van der Waals surface area contributed by atoms with Gasteiger partial charge in [-0.3, -0.25) is 4.98 Å². The molecule has 9 aromatic rings. The van der Waals surface area contributed by atoms with Gasteiger partial charge in [0.15, 0.2) is 0 Å². The quantitative estimate of drug-likeness (QED) is 0.107. The van der Waals surface area contributed by atoms with Crippen molar-refractivity contribution in [3.05, 3.63) is 168 Å². The van der Waals surface area contributed by atoms with Crippen molar-refractivity contribution in [2.75, 3.05) is 0 Å². The number of fused-ring (bicyclic) bond motifs is 4. The van der Waals surface area contributed by atoms with Gasteiger partial charge in [-0.15, -0.1) is 54.1 Å². The minimum Gasteiger partial charge on any atom is -0.501 e. The van der Waals surface area contributed by atoms with Gasteiger partial charge in [-0.25, -0.2) is 0 Å². The number of pyridine rings is 1.